The Morgan fingerprint density at radius 2 is 1.60 bits per heavy atom. The van der Waals surface area contributed by atoms with E-state index in [4.69, 9.17) is 4.74 Å². The van der Waals surface area contributed by atoms with Crippen molar-refractivity contribution in [3.63, 3.8) is 0 Å². The smallest absolute Gasteiger partial charge is 0.257 e. The number of amides is 3. The van der Waals surface area contributed by atoms with Gasteiger partial charge in [-0.25, -0.2) is 4.90 Å². The summed E-state index contributed by atoms with van der Waals surface area (Å²) in [6.07, 6.45) is 3.17. The normalized spacial score (nSPS) is 19.2. The van der Waals surface area contributed by atoms with E-state index in [1.807, 2.05) is 43.3 Å². The number of carbonyl (C=O) groups is 3. The van der Waals surface area contributed by atoms with Crippen LogP contribution in [0.2, 0.25) is 0 Å². The van der Waals surface area contributed by atoms with Gasteiger partial charge in [0, 0.05) is 5.69 Å². The molecule has 0 bridgehead atoms. The number of hydrogen-bond acceptors (Lipinski definition) is 4. The minimum Gasteiger partial charge on any atom is -0.489 e. The average molecular weight is 467 g/mol. The molecule has 2 aliphatic rings. The van der Waals surface area contributed by atoms with Gasteiger partial charge in [0.2, 0.25) is 11.8 Å². The summed E-state index contributed by atoms with van der Waals surface area (Å²) in [5, 5.41) is 2.87. The standard InChI is InChI=1S/C29H26N2O4/c1-19-11-16-23-25(17-19)29(34)31(28(23)33)26-10-6-5-9-24(26)27(32)30-21-12-14-22(15-13-21)35-18-20-7-3-2-4-8-20/h2-15,23,25H,16-18H2,1H3,(H,30,32)/t23-,25+/m0/s1. The van der Waals surface area contributed by atoms with Crippen molar-refractivity contribution in [2.24, 2.45) is 11.8 Å². The van der Waals surface area contributed by atoms with E-state index < -0.39 is 0 Å². The van der Waals surface area contributed by atoms with Crippen LogP contribution in [0.15, 0.2) is 90.5 Å². The second kappa shape index (κ2) is 9.58. The van der Waals surface area contributed by atoms with Crippen LogP contribution in [0.5, 0.6) is 5.75 Å². The van der Waals surface area contributed by atoms with Crippen molar-refractivity contribution in [2.45, 2.75) is 26.4 Å². The zero-order valence-electron chi connectivity index (χ0n) is 19.4. The number of hydrogen-bond donors (Lipinski definition) is 1. The molecule has 0 saturated carbocycles. The van der Waals surface area contributed by atoms with Crippen molar-refractivity contribution >= 4 is 29.1 Å². The lowest BCUT2D eigenvalue weighted by atomic mass is 9.82. The Morgan fingerprint density at radius 1 is 0.914 bits per heavy atom. The highest BCUT2D eigenvalue weighted by molar-refractivity contribution is 6.25. The first-order valence-electron chi connectivity index (χ1n) is 11.7. The molecule has 3 aromatic carbocycles. The molecule has 0 spiro atoms. The number of carbonyl (C=O) groups excluding carboxylic acids is 3. The van der Waals surface area contributed by atoms with Gasteiger partial charge in [-0.3, -0.25) is 14.4 Å². The third-order valence-electron chi connectivity index (χ3n) is 6.57. The van der Waals surface area contributed by atoms with Crippen molar-refractivity contribution in [1.82, 2.24) is 0 Å². The van der Waals surface area contributed by atoms with Crippen LogP contribution in [0.25, 0.3) is 0 Å². The van der Waals surface area contributed by atoms with Gasteiger partial charge in [0.05, 0.1) is 23.1 Å². The van der Waals surface area contributed by atoms with Crippen LogP contribution in [0.1, 0.15) is 35.7 Å². The number of anilines is 2. The minimum absolute atomic E-state index is 0.229. The Bertz CT molecular complexity index is 1300. The third-order valence-corrected chi connectivity index (χ3v) is 6.57. The lowest BCUT2D eigenvalue weighted by Crippen LogP contribution is -2.33. The molecule has 1 aliphatic carbocycles. The number of para-hydroxylation sites is 1. The fourth-order valence-electron chi connectivity index (χ4n) is 4.71. The molecule has 1 fully saturated rings. The van der Waals surface area contributed by atoms with Crippen molar-refractivity contribution in [3.05, 3.63) is 102 Å². The first kappa shape index (κ1) is 22.6. The molecule has 0 unspecified atom stereocenters. The quantitative estimate of drug-likeness (QED) is 0.392. The fraction of sp³-hybridized carbons (Fsp3) is 0.207. The molecule has 3 aromatic rings. The molecule has 35 heavy (non-hydrogen) atoms. The molecular formula is C29H26N2O4. The van der Waals surface area contributed by atoms with Crippen molar-refractivity contribution in [3.8, 4) is 5.75 Å². The Labute approximate surface area is 204 Å². The molecule has 0 aromatic heterocycles. The van der Waals surface area contributed by atoms with E-state index in [0.29, 0.717) is 36.6 Å². The number of rotatable bonds is 6. The van der Waals surface area contributed by atoms with Crippen molar-refractivity contribution < 1.29 is 19.1 Å². The highest BCUT2D eigenvalue weighted by atomic mass is 16.5. The number of allylic oxidation sites excluding steroid dienone is 2. The van der Waals surface area contributed by atoms with Crippen molar-refractivity contribution in [2.75, 3.05) is 10.2 Å². The van der Waals surface area contributed by atoms with Gasteiger partial charge < -0.3 is 10.1 Å². The van der Waals surface area contributed by atoms with Crippen LogP contribution < -0.4 is 15.0 Å². The van der Waals surface area contributed by atoms with Gasteiger partial charge in [0.1, 0.15) is 12.4 Å². The summed E-state index contributed by atoms with van der Waals surface area (Å²) >= 11 is 0. The maximum Gasteiger partial charge on any atom is 0.257 e. The summed E-state index contributed by atoms with van der Waals surface area (Å²) in [6.45, 7) is 2.44. The van der Waals surface area contributed by atoms with E-state index in [2.05, 4.69) is 5.32 Å². The van der Waals surface area contributed by atoms with E-state index in [1.165, 1.54) is 4.90 Å². The molecule has 2 atom stereocenters. The highest BCUT2D eigenvalue weighted by Crippen LogP contribution is 2.40. The van der Waals surface area contributed by atoms with E-state index in [-0.39, 0.29) is 35.1 Å². The van der Waals surface area contributed by atoms with Gasteiger partial charge in [-0.1, -0.05) is 54.1 Å². The monoisotopic (exact) mass is 466 g/mol. The Hall–Kier alpha value is -4.19. The molecular weight excluding hydrogens is 440 g/mol. The number of ether oxygens (including phenoxy) is 1. The number of fused-ring (bicyclic) bond motifs is 1. The first-order chi connectivity index (χ1) is 17.0. The predicted molar refractivity (Wildman–Crippen MR) is 134 cm³/mol. The van der Waals surface area contributed by atoms with Gasteiger partial charge in [-0.05, 0) is 61.7 Å². The van der Waals surface area contributed by atoms with E-state index in [1.54, 1.807) is 48.5 Å². The molecule has 6 nitrogen and oxygen atoms in total. The second-order valence-corrected chi connectivity index (χ2v) is 8.99. The summed E-state index contributed by atoms with van der Waals surface area (Å²) < 4.78 is 5.80. The molecule has 176 valence electrons. The molecule has 0 radical (unpaired) electrons. The van der Waals surface area contributed by atoms with Gasteiger partial charge >= 0.3 is 0 Å². The fourth-order valence-corrected chi connectivity index (χ4v) is 4.71. The zero-order chi connectivity index (χ0) is 24.4. The number of benzene rings is 3. The number of nitrogens with one attached hydrogen (secondary N) is 1. The zero-order valence-corrected chi connectivity index (χ0v) is 19.4. The Kier molecular flexibility index (Phi) is 6.19. The SMILES string of the molecule is CC1=CC[C@@H]2C(=O)N(c3ccccc3C(=O)Nc3ccc(OCc4ccccc4)cc3)C(=O)[C@@H]2C1. The summed E-state index contributed by atoms with van der Waals surface area (Å²) in [5.41, 5.74) is 3.39. The maximum atomic E-state index is 13.2. The summed E-state index contributed by atoms with van der Waals surface area (Å²) in [7, 11) is 0. The molecule has 3 amide bonds. The van der Waals surface area contributed by atoms with E-state index >= 15 is 0 Å². The number of nitrogens with zero attached hydrogens (tertiary/aromatic N) is 1. The Morgan fingerprint density at radius 3 is 2.37 bits per heavy atom. The predicted octanol–water partition coefficient (Wildman–Crippen LogP) is 5.36. The molecule has 6 heteroatoms. The van der Waals surface area contributed by atoms with Crippen LogP contribution in [0, 0.1) is 11.8 Å². The van der Waals surface area contributed by atoms with Crippen LogP contribution >= 0.6 is 0 Å². The topological polar surface area (TPSA) is 75.7 Å². The molecule has 1 heterocycles. The van der Waals surface area contributed by atoms with Crippen LogP contribution in [0.4, 0.5) is 11.4 Å². The molecule has 5 rings (SSSR count). The highest BCUT2D eigenvalue weighted by Gasteiger charge is 2.49. The van der Waals surface area contributed by atoms with Gasteiger partial charge in [0.25, 0.3) is 5.91 Å². The van der Waals surface area contributed by atoms with Crippen LogP contribution in [0.3, 0.4) is 0 Å². The average Bonchev–Trinajstić information content (AvgIpc) is 3.13. The van der Waals surface area contributed by atoms with E-state index in [0.717, 1.165) is 11.1 Å². The molecule has 1 N–H and O–H groups in total. The third kappa shape index (κ3) is 4.60. The van der Waals surface area contributed by atoms with Crippen molar-refractivity contribution in [1.29, 1.82) is 0 Å². The largest absolute Gasteiger partial charge is 0.489 e. The second-order valence-electron chi connectivity index (χ2n) is 8.99. The summed E-state index contributed by atoms with van der Waals surface area (Å²) in [6, 6.07) is 23.7. The lowest BCUT2D eigenvalue weighted by Gasteiger charge is -2.19. The molecule has 1 aliphatic heterocycles. The first-order valence-corrected chi connectivity index (χ1v) is 11.7. The minimum atomic E-state index is -0.386. The number of imide groups is 1. The summed E-state index contributed by atoms with van der Waals surface area (Å²) in [4.78, 5) is 40.7. The lowest BCUT2D eigenvalue weighted by molar-refractivity contribution is -0.122. The summed E-state index contributed by atoms with van der Waals surface area (Å²) in [5.74, 6) is -0.871. The van der Waals surface area contributed by atoms with Gasteiger partial charge in [0.15, 0.2) is 0 Å². The van der Waals surface area contributed by atoms with Crippen LogP contribution in [-0.2, 0) is 16.2 Å². The van der Waals surface area contributed by atoms with E-state index in [9.17, 15) is 14.4 Å². The van der Waals surface area contributed by atoms with Crippen LogP contribution in [-0.4, -0.2) is 17.7 Å². The van der Waals surface area contributed by atoms with Gasteiger partial charge in [-0.2, -0.15) is 0 Å². The Balaban J connectivity index is 1.30. The maximum absolute atomic E-state index is 13.2. The van der Waals surface area contributed by atoms with Gasteiger partial charge in [-0.15, -0.1) is 0 Å². The molecule has 1 saturated heterocycles.